The summed E-state index contributed by atoms with van der Waals surface area (Å²) in [5.41, 5.74) is 4.30. The minimum atomic E-state index is 0.250. The van der Waals surface area contributed by atoms with E-state index in [1.807, 2.05) is 12.1 Å². The summed E-state index contributed by atoms with van der Waals surface area (Å²) in [7, 11) is 3.35. The van der Waals surface area contributed by atoms with Crippen LogP contribution in [0.1, 0.15) is 12.0 Å². The number of phenolic OH excluding ortho intramolecular Hbond substituents is 1. The molecule has 1 fully saturated rings. The number of hydrogen-bond acceptors (Lipinski definition) is 7. The maximum atomic E-state index is 10.5. The topological polar surface area (TPSA) is 46.9 Å². The summed E-state index contributed by atoms with van der Waals surface area (Å²) in [6.07, 6.45) is 0.831. The van der Waals surface area contributed by atoms with Gasteiger partial charge in [-0.1, -0.05) is 69.3 Å². The van der Waals surface area contributed by atoms with Gasteiger partial charge >= 0.3 is 0 Å². The number of nitrogens with zero attached hydrogens (tertiary/aromatic N) is 2. The minimum absolute atomic E-state index is 0.250. The molecule has 4 nitrogen and oxygen atoms in total. The largest absolute Gasteiger partial charge is 0.508 e. The Hall–Kier alpha value is -1.61. The van der Waals surface area contributed by atoms with E-state index in [1.165, 1.54) is 10.4 Å². The van der Waals surface area contributed by atoms with Crippen LogP contribution in [0.25, 0.3) is 21.6 Å². The smallest absolute Gasteiger partial charge is 0.120 e. The summed E-state index contributed by atoms with van der Waals surface area (Å²) in [5, 5.41) is 19.5. The van der Waals surface area contributed by atoms with E-state index in [4.69, 9.17) is 17.3 Å². The monoisotopic (exact) mass is 458 g/mol. The van der Waals surface area contributed by atoms with Gasteiger partial charge in [0.2, 0.25) is 0 Å². The lowest BCUT2D eigenvalue weighted by Crippen LogP contribution is -2.46. The summed E-state index contributed by atoms with van der Waals surface area (Å²) in [4.78, 5) is 5.97. The van der Waals surface area contributed by atoms with E-state index >= 15 is 0 Å². The maximum absolute atomic E-state index is 10.5. The van der Waals surface area contributed by atoms with E-state index in [0.29, 0.717) is 5.75 Å². The van der Waals surface area contributed by atoms with Crippen LogP contribution in [0.2, 0.25) is 0 Å². The molecule has 1 aliphatic rings. The van der Waals surface area contributed by atoms with Crippen LogP contribution in [-0.2, 0) is 6.54 Å². The lowest BCUT2D eigenvalue weighted by molar-refractivity contribution is 0.119. The zero-order chi connectivity index (χ0) is 20.9. The Morgan fingerprint density at radius 2 is 1.63 bits per heavy atom. The van der Waals surface area contributed by atoms with Gasteiger partial charge in [0.25, 0.3) is 0 Å². The maximum Gasteiger partial charge on any atom is 0.120 e. The Labute approximate surface area is 190 Å². The average molecular weight is 459 g/mol. The van der Waals surface area contributed by atoms with Gasteiger partial charge in [-0.05, 0) is 29.7 Å². The fourth-order valence-corrected chi connectivity index (χ4v) is 6.78. The molecule has 1 aromatic heterocycles. The summed E-state index contributed by atoms with van der Waals surface area (Å²) >= 11 is 5.67. The van der Waals surface area contributed by atoms with Crippen LogP contribution in [0.4, 0.5) is 0 Å². The van der Waals surface area contributed by atoms with E-state index in [9.17, 15) is 5.11 Å². The number of rotatable bonds is 7. The van der Waals surface area contributed by atoms with Crippen LogP contribution in [0.15, 0.2) is 48.5 Å². The molecule has 30 heavy (non-hydrogen) atoms. The van der Waals surface area contributed by atoms with Crippen LogP contribution in [0.5, 0.6) is 5.75 Å². The molecule has 7 heteroatoms. The predicted octanol–water partition coefficient (Wildman–Crippen LogP) is 5.08. The first-order valence-electron chi connectivity index (χ1n) is 10.2. The number of aromatic hydroxyl groups is 1. The molecule has 0 atom stereocenters. The number of aliphatic hydroxyl groups is 1. The van der Waals surface area contributed by atoms with Crippen LogP contribution in [0.3, 0.4) is 0 Å². The summed E-state index contributed by atoms with van der Waals surface area (Å²) < 4.78 is 0.896. The zero-order valence-electron chi connectivity index (χ0n) is 16.8. The molecule has 0 aliphatic carbocycles. The normalized spacial score (nSPS) is 15.5. The number of piperazine rings is 1. The Bertz CT molecular complexity index is 1020. The van der Waals surface area contributed by atoms with Gasteiger partial charge in [-0.15, -0.1) is 0 Å². The molecular weight excluding hydrogens is 432 g/mol. The van der Waals surface area contributed by atoms with Gasteiger partial charge in [-0.25, -0.2) is 0 Å². The molecule has 4 rings (SSSR count). The minimum Gasteiger partial charge on any atom is -0.508 e. The summed E-state index contributed by atoms with van der Waals surface area (Å²) in [6, 6.07) is 16.2. The number of benzene rings is 2. The van der Waals surface area contributed by atoms with Gasteiger partial charge in [0.1, 0.15) is 9.57 Å². The third kappa shape index (κ3) is 4.99. The molecule has 0 amide bonds. The van der Waals surface area contributed by atoms with Crippen molar-refractivity contribution in [1.82, 2.24) is 9.80 Å². The summed E-state index contributed by atoms with van der Waals surface area (Å²) in [6.45, 7) is 5.87. The van der Waals surface area contributed by atoms with Crippen molar-refractivity contribution < 1.29 is 10.2 Å². The number of hydrogen-bond donors (Lipinski definition) is 2. The quantitative estimate of drug-likeness (QED) is 0.382. The second-order valence-corrected chi connectivity index (χ2v) is 10.4. The van der Waals surface area contributed by atoms with Crippen molar-refractivity contribution in [3.05, 3.63) is 57.9 Å². The highest BCUT2D eigenvalue weighted by atomic mass is 32.9. The fraction of sp³-hybridized carbons (Fsp3) is 0.348. The second kappa shape index (κ2) is 10.1. The van der Waals surface area contributed by atoms with Crippen LogP contribution in [-0.4, -0.2) is 59.3 Å². The molecule has 0 radical (unpaired) electrons. The van der Waals surface area contributed by atoms with Crippen LogP contribution in [0, 0.1) is 3.82 Å². The van der Waals surface area contributed by atoms with E-state index < -0.39 is 0 Å². The van der Waals surface area contributed by atoms with Crippen LogP contribution < -0.4 is 0 Å². The van der Waals surface area contributed by atoms with Crippen molar-refractivity contribution in [2.75, 3.05) is 39.3 Å². The van der Waals surface area contributed by atoms with E-state index in [0.717, 1.165) is 66.2 Å². The van der Waals surface area contributed by atoms with Gasteiger partial charge in [0, 0.05) is 57.0 Å². The number of aliphatic hydroxyl groups excluding tert-OH is 1. The molecule has 158 valence electrons. The standard InChI is InChI=1S/C23H26N2O2S3/c26-14-4-9-24-10-12-25(13-11-24)16-19-15-18(7-8-20(19)27)21-22(29-30-23(21)28)17-5-2-1-3-6-17/h1-3,5-8,15,26-27H,4,9-14,16H2. The molecule has 1 aliphatic heterocycles. The van der Waals surface area contributed by atoms with E-state index in [2.05, 4.69) is 40.1 Å². The Morgan fingerprint density at radius 3 is 2.37 bits per heavy atom. The molecule has 2 N–H and O–H groups in total. The number of phenols is 1. The SMILES string of the molecule is OCCCN1CCN(Cc2cc(-c3c(-c4ccccc4)ssc3=S)ccc2O)CC1. The van der Waals surface area contributed by atoms with Gasteiger partial charge in [-0.2, -0.15) is 0 Å². The highest BCUT2D eigenvalue weighted by Crippen LogP contribution is 2.42. The first-order valence-corrected chi connectivity index (χ1v) is 12.8. The lowest BCUT2D eigenvalue weighted by Gasteiger charge is -2.34. The van der Waals surface area contributed by atoms with Crippen molar-refractivity contribution in [1.29, 1.82) is 0 Å². The van der Waals surface area contributed by atoms with Crippen LogP contribution >= 0.6 is 32.9 Å². The van der Waals surface area contributed by atoms with Gasteiger partial charge in [-0.3, -0.25) is 4.90 Å². The van der Waals surface area contributed by atoms with Crippen molar-refractivity contribution in [2.45, 2.75) is 13.0 Å². The molecule has 0 unspecified atom stereocenters. The Morgan fingerprint density at radius 1 is 0.900 bits per heavy atom. The molecular formula is C23H26N2O2S3. The Kier molecular flexibility index (Phi) is 7.30. The predicted molar refractivity (Wildman–Crippen MR) is 129 cm³/mol. The highest BCUT2D eigenvalue weighted by Gasteiger charge is 2.19. The molecule has 2 aromatic carbocycles. The van der Waals surface area contributed by atoms with Crippen molar-refractivity contribution in [3.8, 4) is 27.3 Å². The molecule has 0 saturated carbocycles. The van der Waals surface area contributed by atoms with Crippen molar-refractivity contribution in [2.24, 2.45) is 0 Å². The molecule has 2 heterocycles. The van der Waals surface area contributed by atoms with E-state index in [1.54, 1.807) is 26.7 Å². The summed E-state index contributed by atoms with van der Waals surface area (Å²) in [5.74, 6) is 0.340. The highest BCUT2D eigenvalue weighted by molar-refractivity contribution is 7.80. The Balaban J connectivity index is 1.54. The van der Waals surface area contributed by atoms with Gasteiger partial charge < -0.3 is 15.1 Å². The fourth-order valence-electron chi connectivity index (χ4n) is 3.86. The lowest BCUT2D eigenvalue weighted by atomic mass is 10.0. The third-order valence-corrected chi connectivity index (χ3v) is 8.59. The van der Waals surface area contributed by atoms with E-state index in [-0.39, 0.29) is 6.61 Å². The van der Waals surface area contributed by atoms with Crippen molar-refractivity contribution >= 4 is 32.9 Å². The second-order valence-electron chi connectivity index (χ2n) is 7.56. The molecule has 1 saturated heterocycles. The van der Waals surface area contributed by atoms with Crippen molar-refractivity contribution in [3.63, 3.8) is 0 Å². The van der Waals surface area contributed by atoms with Gasteiger partial charge in [0.15, 0.2) is 0 Å². The molecule has 3 aromatic rings. The molecule has 0 spiro atoms. The first-order chi connectivity index (χ1) is 14.7. The average Bonchev–Trinajstić information content (AvgIpc) is 3.17. The van der Waals surface area contributed by atoms with Gasteiger partial charge in [0.05, 0.1) is 4.88 Å². The molecule has 0 bridgehead atoms. The zero-order valence-corrected chi connectivity index (χ0v) is 19.2. The first kappa shape index (κ1) is 21.6. The third-order valence-electron chi connectivity index (χ3n) is 5.53.